The topological polar surface area (TPSA) is 75.6 Å². The lowest BCUT2D eigenvalue weighted by atomic mass is 9.50. The molecule has 0 radical (unpaired) electrons. The van der Waals surface area contributed by atoms with Crippen LogP contribution in [0.4, 0.5) is 0 Å². The van der Waals surface area contributed by atoms with Crippen molar-refractivity contribution in [2.45, 2.75) is 64.9 Å². The van der Waals surface area contributed by atoms with Gasteiger partial charge in [-0.3, -0.25) is 4.79 Å². The van der Waals surface area contributed by atoms with E-state index in [0.29, 0.717) is 24.2 Å². The third kappa shape index (κ3) is 2.54. The second-order valence-corrected chi connectivity index (χ2v) is 9.01. The zero-order valence-corrected chi connectivity index (χ0v) is 15.2. The minimum atomic E-state index is -0.878. The Balaban J connectivity index is 1.57. The summed E-state index contributed by atoms with van der Waals surface area (Å²) in [7, 11) is 0. The molecule has 1 saturated heterocycles. The fourth-order valence-electron chi connectivity index (χ4n) is 6.59. The van der Waals surface area contributed by atoms with Gasteiger partial charge < -0.3 is 15.2 Å². The minimum Gasteiger partial charge on any atom is -0.480 e. The van der Waals surface area contributed by atoms with E-state index in [9.17, 15) is 9.59 Å². The molecule has 5 heteroatoms. The quantitative estimate of drug-likeness (QED) is 0.822. The molecule has 5 nitrogen and oxygen atoms in total. The van der Waals surface area contributed by atoms with Crippen LogP contribution in [0.1, 0.15) is 58.8 Å². The van der Waals surface area contributed by atoms with Gasteiger partial charge in [-0.05, 0) is 61.7 Å². The van der Waals surface area contributed by atoms with Crippen molar-refractivity contribution in [1.82, 2.24) is 5.32 Å². The van der Waals surface area contributed by atoms with Crippen LogP contribution < -0.4 is 5.32 Å². The molecule has 1 amide bonds. The van der Waals surface area contributed by atoms with Crippen LogP contribution in [-0.4, -0.2) is 29.7 Å². The average Bonchev–Trinajstić information content (AvgIpc) is 2.90. The van der Waals surface area contributed by atoms with E-state index in [0.717, 1.165) is 44.2 Å². The molecule has 0 bridgehead atoms. The summed E-state index contributed by atoms with van der Waals surface area (Å²) >= 11 is 0. The number of carbonyl (C=O) groups is 2. The minimum absolute atomic E-state index is 0.0683. The molecule has 4 rings (SSSR count). The second-order valence-electron chi connectivity index (χ2n) is 9.01. The zero-order chi connectivity index (χ0) is 17.8. The Hall–Kier alpha value is -1.36. The van der Waals surface area contributed by atoms with Crippen molar-refractivity contribution in [2.75, 3.05) is 6.61 Å². The van der Waals surface area contributed by atoms with Crippen LogP contribution in [0.2, 0.25) is 0 Å². The normalized spacial score (nSPS) is 45.7. The van der Waals surface area contributed by atoms with Crippen molar-refractivity contribution in [3.8, 4) is 0 Å². The van der Waals surface area contributed by atoms with Crippen molar-refractivity contribution in [3.63, 3.8) is 0 Å². The molecule has 2 saturated carbocycles. The summed E-state index contributed by atoms with van der Waals surface area (Å²) in [6.07, 6.45) is 9.30. The largest absolute Gasteiger partial charge is 0.480 e. The molecule has 1 heterocycles. The highest BCUT2D eigenvalue weighted by atomic mass is 16.5. The van der Waals surface area contributed by atoms with Gasteiger partial charge in [-0.2, -0.15) is 0 Å². The lowest BCUT2D eigenvalue weighted by Crippen LogP contribution is -2.54. The first-order chi connectivity index (χ1) is 11.8. The monoisotopic (exact) mass is 347 g/mol. The summed E-state index contributed by atoms with van der Waals surface area (Å²) < 4.78 is 5.79. The molecule has 0 spiro atoms. The number of carbonyl (C=O) groups excluding carboxylic acids is 1. The molecule has 6 atom stereocenters. The molecule has 1 aliphatic heterocycles. The molecule has 3 unspecified atom stereocenters. The Morgan fingerprint density at radius 3 is 2.84 bits per heavy atom. The molecule has 138 valence electrons. The number of hydrogen-bond donors (Lipinski definition) is 2. The van der Waals surface area contributed by atoms with Gasteiger partial charge in [0.05, 0.1) is 6.10 Å². The van der Waals surface area contributed by atoms with Crippen LogP contribution in [0.15, 0.2) is 11.8 Å². The summed E-state index contributed by atoms with van der Waals surface area (Å²) in [5.74, 6) is 1.12. The maximum Gasteiger partial charge on any atom is 0.329 e. The number of rotatable bonds is 3. The standard InChI is InChI=1S/C20H29NO4/c1-19-10-8-17(22)21-15(19)5-3-12-13-4-6-16(25-11-18(23)24)20(13,2)9-7-14(12)19/h5,12-14,16H,3-4,6-11H2,1-2H3,(H,21,22)(H,23,24)/t12?,13?,14?,16-,19+,20-/m0/s1. The van der Waals surface area contributed by atoms with Crippen molar-refractivity contribution in [1.29, 1.82) is 0 Å². The number of fused-ring (bicyclic) bond motifs is 5. The summed E-state index contributed by atoms with van der Waals surface area (Å²) in [5, 5.41) is 12.1. The van der Waals surface area contributed by atoms with E-state index >= 15 is 0 Å². The lowest BCUT2D eigenvalue weighted by Gasteiger charge is -2.57. The second kappa shape index (κ2) is 5.83. The van der Waals surface area contributed by atoms with Crippen molar-refractivity contribution in [3.05, 3.63) is 11.8 Å². The summed E-state index contributed by atoms with van der Waals surface area (Å²) in [6, 6.07) is 0. The van der Waals surface area contributed by atoms with Gasteiger partial charge in [-0.25, -0.2) is 4.79 Å². The van der Waals surface area contributed by atoms with E-state index < -0.39 is 5.97 Å². The van der Waals surface area contributed by atoms with E-state index in [1.54, 1.807) is 0 Å². The summed E-state index contributed by atoms with van der Waals surface area (Å²) in [6.45, 7) is 4.47. The number of allylic oxidation sites excluding steroid dienone is 2. The third-order valence-corrected chi connectivity index (χ3v) is 7.93. The van der Waals surface area contributed by atoms with Crippen molar-refractivity contribution >= 4 is 11.9 Å². The van der Waals surface area contributed by atoms with Gasteiger partial charge in [0, 0.05) is 17.5 Å². The van der Waals surface area contributed by atoms with E-state index in [1.165, 1.54) is 0 Å². The first kappa shape index (κ1) is 17.1. The van der Waals surface area contributed by atoms with Crippen LogP contribution in [0.5, 0.6) is 0 Å². The molecule has 0 aromatic rings. The summed E-state index contributed by atoms with van der Waals surface area (Å²) in [4.78, 5) is 22.7. The Labute approximate surface area is 149 Å². The third-order valence-electron chi connectivity index (χ3n) is 7.93. The maximum absolute atomic E-state index is 11.8. The molecule has 2 N–H and O–H groups in total. The van der Waals surface area contributed by atoms with Crippen LogP contribution in [-0.2, 0) is 14.3 Å². The maximum atomic E-state index is 11.8. The molecule has 3 aliphatic carbocycles. The zero-order valence-electron chi connectivity index (χ0n) is 15.2. The molecule has 3 fully saturated rings. The van der Waals surface area contributed by atoms with Crippen molar-refractivity contribution in [2.24, 2.45) is 28.6 Å². The van der Waals surface area contributed by atoms with E-state index in [-0.39, 0.29) is 29.4 Å². The Kier molecular flexibility index (Phi) is 3.98. The molecule has 0 aromatic heterocycles. The van der Waals surface area contributed by atoms with Gasteiger partial charge in [-0.1, -0.05) is 19.9 Å². The van der Waals surface area contributed by atoms with Crippen LogP contribution in [0.3, 0.4) is 0 Å². The number of ether oxygens (including phenoxy) is 1. The number of amides is 1. The van der Waals surface area contributed by atoms with Gasteiger partial charge in [0.2, 0.25) is 5.91 Å². The number of carboxylic acid groups (broad SMARTS) is 1. The molecule has 0 aromatic carbocycles. The highest BCUT2D eigenvalue weighted by Gasteiger charge is 2.59. The Morgan fingerprint density at radius 2 is 2.08 bits per heavy atom. The van der Waals surface area contributed by atoms with E-state index in [4.69, 9.17) is 9.84 Å². The van der Waals surface area contributed by atoms with Crippen LogP contribution in [0, 0.1) is 28.6 Å². The van der Waals surface area contributed by atoms with E-state index in [1.807, 2.05) is 0 Å². The number of hydrogen-bond acceptors (Lipinski definition) is 3. The van der Waals surface area contributed by atoms with E-state index in [2.05, 4.69) is 25.2 Å². The number of carboxylic acids is 1. The molecule has 25 heavy (non-hydrogen) atoms. The first-order valence-electron chi connectivity index (χ1n) is 9.68. The Morgan fingerprint density at radius 1 is 1.28 bits per heavy atom. The van der Waals surface area contributed by atoms with Crippen LogP contribution in [0.25, 0.3) is 0 Å². The van der Waals surface area contributed by atoms with Crippen molar-refractivity contribution < 1.29 is 19.4 Å². The predicted octanol–water partition coefficient (Wildman–Crippen LogP) is 3.10. The number of nitrogens with one attached hydrogen (secondary N) is 1. The molecular formula is C20H29NO4. The Bertz CT molecular complexity index is 629. The van der Waals surface area contributed by atoms with Gasteiger partial charge in [0.25, 0.3) is 0 Å². The highest BCUT2D eigenvalue weighted by Crippen LogP contribution is 2.64. The van der Waals surface area contributed by atoms with Gasteiger partial charge in [0.15, 0.2) is 0 Å². The number of piperidine rings is 1. The van der Waals surface area contributed by atoms with Gasteiger partial charge >= 0.3 is 5.97 Å². The smallest absolute Gasteiger partial charge is 0.329 e. The van der Waals surface area contributed by atoms with Crippen LogP contribution >= 0.6 is 0 Å². The molecule has 4 aliphatic rings. The lowest BCUT2D eigenvalue weighted by molar-refractivity contribution is -0.150. The first-order valence-corrected chi connectivity index (χ1v) is 9.68. The SMILES string of the molecule is C[C@]12CCC(=O)NC1=CCC1C2CC[C@@]2(C)C1CC[C@@H]2OCC(=O)O. The summed E-state index contributed by atoms with van der Waals surface area (Å²) in [5.41, 5.74) is 1.35. The average molecular weight is 347 g/mol. The molecular weight excluding hydrogens is 318 g/mol. The fraction of sp³-hybridized carbons (Fsp3) is 0.800. The number of aliphatic carboxylic acids is 1. The predicted molar refractivity (Wildman–Crippen MR) is 92.6 cm³/mol. The fourth-order valence-corrected chi connectivity index (χ4v) is 6.59. The highest BCUT2D eigenvalue weighted by molar-refractivity contribution is 5.79. The van der Waals surface area contributed by atoms with Gasteiger partial charge in [-0.15, -0.1) is 0 Å². The van der Waals surface area contributed by atoms with Gasteiger partial charge in [0.1, 0.15) is 6.61 Å².